The van der Waals surface area contributed by atoms with Crippen molar-refractivity contribution < 1.29 is 14.6 Å². The summed E-state index contributed by atoms with van der Waals surface area (Å²) in [5.74, 6) is 0.176. The highest BCUT2D eigenvalue weighted by Gasteiger charge is 2.44. The third-order valence-electron chi connectivity index (χ3n) is 3.19. The largest absolute Gasteiger partial charge is 0.394 e. The Morgan fingerprint density at radius 2 is 2.40 bits per heavy atom. The van der Waals surface area contributed by atoms with E-state index in [-0.39, 0.29) is 35.2 Å². The van der Waals surface area contributed by atoms with Gasteiger partial charge < -0.3 is 20.3 Å². The van der Waals surface area contributed by atoms with Gasteiger partial charge in [0, 0.05) is 6.20 Å². The number of ether oxygens (including phenoxy) is 2. The Morgan fingerprint density at radius 1 is 1.65 bits per heavy atom. The van der Waals surface area contributed by atoms with Crippen LogP contribution < -0.4 is 11.4 Å². The van der Waals surface area contributed by atoms with Gasteiger partial charge in [-0.3, -0.25) is 4.57 Å². The monoisotopic (exact) mass is 395 g/mol. The zero-order valence-electron chi connectivity index (χ0n) is 11.1. The number of alkyl halides is 1. The van der Waals surface area contributed by atoms with E-state index in [1.807, 2.05) is 6.92 Å². The molecule has 0 saturated carbocycles. The average molecular weight is 395 g/mol. The lowest BCUT2D eigenvalue weighted by Crippen LogP contribution is -2.36. The first-order chi connectivity index (χ1) is 9.58. The molecule has 0 spiro atoms. The van der Waals surface area contributed by atoms with Crippen molar-refractivity contribution in [1.29, 1.82) is 0 Å². The van der Waals surface area contributed by atoms with Crippen LogP contribution in [0.25, 0.3) is 0 Å². The van der Waals surface area contributed by atoms with Crippen molar-refractivity contribution in [3.8, 4) is 0 Å². The van der Waals surface area contributed by atoms with E-state index in [1.54, 1.807) is 12.3 Å². The molecule has 0 bridgehead atoms. The van der Waals surface area contributed by atoms with Crippen LogP contribution in [0.15, 0.2) is 17.1 Å². The van der Waals surface area contributed by atoms with Gasteiger partial charge >= 0.3 is 5.69 Å². The summed E-state index contributed by atoms with van der Waals surface area (Å²) in [5, 5.41) is 8.92. The number of nitrogens with two attached hydrogens (primary N) is 1. The molecule has 1 fully saturated rings. The smallest absolute Gasteiger partial charge is 0.351 e. The number of anilines is 1. The van der Waals surface area contributed by atoms with E-state index < -0.39 is 11.9 Å². The van der Waals surface area contributed by atoms with Crippen LogP contribution in [0, 0.1) is 0 Å². The maximum Gasteiger partial charge on any atom is 0.351 e. The minimum absolute atomic E-state index is 0.00579. The molecule has 1 aromatic heterocycles. The second-order valence-corrected chi connectivity index (χ2v) is 5.96. The number of hydrogen-bond donors (Lipinski definition) is 2. The summed E-state index contributed by atoms with van der Waals surface area (Å²) in [6, 6.07) is 1.55. The molecular formula is C12H18IN3O4. The lowest BCUT2D eigenvalue weighted by molar-refractivity contribution is -0.0700. The zero-order valence-corrected chi connectivity index (χ0v) is 13.3. The summed E-state index contributed by atoms with van der Waals surface area (Å²) in [7, 11) is 0. The van der Waals surface area contributed by atoms with Gasteiger partial charge in [0.1, 0.15) is 11.9 Å². The van der Waals surface area contributed by atoms with Gasteiger partial charge in [0.2, 0.25) is 0 Å². The number of aliphatic hydroxyl groups excluding tert-OH is 1. The Kier molecular flexibility index (Phi) is 5.35. The Balaban J connectivity index is 2.29. The van der Waals surface area contributed by atoms with Crippen LogP contribution in [-0.4, -0.2) is 44.0 Å². The van der Waals surface area contributed by atoms with E-state index in [1.165, 1.54) is 4.57 Å². The quantitative estimate of drug-likeness (QED) is 0.550. The number of rotatable bonds is 5. The third-order valence-corrected chi connectivity index (χ3v) is 4.70. The SMILES string of the molecule is CC[C@H]1O[C@@H](n2ccc(N)nc2=O)C(OCCO)C1I. The lowest BCUT2D eigenvalue weighted by Gasteiger charge is -2.21. The van der Waals surface area contributed by atoms with Crippen molar-refractivity contribution >= 4 is 28.4 Å². The summed E-state index contributed by atoms with van der Waals surface area (Å²) in [6.45, 7) is 2.15. The summed E-state index contributed by atoms with van der Waals surface area (Å²) in [5.41, 5.74) is 5.03. The number of halogens is 1. The van der Waals surface area contributed by atoms with Gasteiger partial charge in [0.25, 0.3) is 0 Å². The fourth-order valence-electron chi connectivity index (χ4n) is 2.23. The molecule has 4 atom stereocenters. The first-order valence-corrected chi connectivity index (χ1v) is 7.69. The predicted molar refractivity (Wildman–Crippen MR) is 81.7 cm³/mol. The first-order valence-electron chi connectivity index (χ1n) is 6.45. The highest BCUT2D eigenvalue weighted by molar-refractivity contribution is 14.1. The molecule has 1 saturated heterocycles. The molecule has 2 unspecified atom stereocenters. The summed E-state index contributed by atoms with van der Waals surface area (Å²) < 4.78 is 13.0. The average Bonchev–Trinajstić information content (AvgIpc) is 2.73. The molecule has 112 valence electrons. The van der Waals surface area contributed by atoms with Crippen LogP contribution in [0.2, 0.25) is 0 Å². The van der Waals surface area contributed by atoms with Gasteiger partial charge in [0.05, 0.1) is 23.2 Å². The van der Waals surface area contributed by atoms with Gasteiger partial charge in [-0.25, -0.2) is 4.79 Å². The van der Waals surface area contributed by atoms with Crippen molar-refractivity contribution in [3.63, 3.8) is 0 Å². The molecule has 3 N–H and O–H groups in total. The number of nitrogen functional groups attached to an aromatic ring is 1. The molecule has 1 aliphatic rings. The molecule has 0 amide bonds. The van der Waals surface area contributed by atoms with E-state index in [0.717, 1.165) is 6.42 Å². The van der Waals surface area contributed by atoms with Crippen LogP contribution in [0.5, 0.6) is 0 Å². The third kappa shape index (κ3) is 3.13. The molecule has 7 nitrogen and oxygen atoms in total. The van der Waals surface area contributed by atoms with Crippen molar-refractivity contribution in [2.45, 2.75) is 35.7 Å². The number of hydrogen-bond acceptors (Lipinski definition) is 6. The van der Waals surface area contributed by atoms with Gasteiger partial charge in [-0.15, -0.1) is 0 Å². The highest BCUT2D eigenvalue weighted by atomic mass is 127. The van der Waals surface area contributed by atoms with Crippen molar-refractivity contribution in [2.75, 3.05) is 18.9 Å². The minimum atomic E-state index is -0.547. The normalized spacial score (nSPS) is 29.8. The van der Waals surface area contributed by atoms with Crippen LogP contribution in [0.4, 0.5) is 5.82 Å². The Labute approximate surface area is 130 Å². The summed E-state index contributed by atoms with van der Waals surface area (Å²) in [6.07, 6.45) is 1.52. The van der Waals surface area contributed by atoms with Crippen LogP contribution in [0.3, 0.4) is 0 Å². The standard InChI is InChI=1S/C12H18IN3O4/c1-2-7-9(13)10(19-6-5-17)11(20-7)16-4-3-8(14)15-12(16)18/h3-4,7,9-11,17H,2,5-6H2,1H3,(H2,14,15,18)/t7-,9?,10?,11-/m1/s1. The van der Waals surface area contributed by atoms with Gasteiger partial charge in [-0.2, -0.15) is 4.98 Å². The Morgan fingerprint density at radius 3 is 3.00 bits per heavy atom. The van der Waals surface area contributed by atoms with E-state index in [4.69, 9.17) is 20.3 Å². The highest BCUT2D eigenvalue weighted by Crippen LogP contribution is 2.36. The van der Waals surface area contributed by atoms with Gasteiger partial charge in [-0.05, 0) is 12.5 Å². The van der Waals surface area contributed by atoms with E-state index in [0.29, 0.717) is 0 Å². The molecule has 0 aromatic carbocycles. The molecule has 2 rings (SSSR count). The second-order valence-electron chi connectivity index (χ2n) is 4.52. The van der Waals surface area contributed by atoms with Gasteiger partial charge in [0.15, 0.2) is 6.23 Å². The molecule has 8 heteroatoms. The van der Waals surface area contributed by atoms with Crippen LogP contribution in [0.1, 0.15) is 19.6 Å². The summed E-state index contributed by atoms with van der Waals surface area (Å²) in [4.78, 5) is 15.6. The topological polar surface area (TPSA) is 99.6 Å². The molecule has 0 aliphatic carbocycles. The molecule has 0 radical (unpaired) electrons. The molecule has 1 aromatic rings. The van der Waals surface area contributed by atoms with Crippen LogP contribution >= 0.6 is 22.6 Å². The van der Waals surface area contributed by atoms with Crippen molar-refractivity contribution in [2.24, 2.45) is 0 Å². The predicted octanol–water partition coefficient (Wildman–Crippen LogP) is 0.314. The molecular weight excluding hydrogens is 377 g/mol. The summed E-state index contributed by atoms with van der Waals surface area (Å²) >= 11 is 2.26. The number of aliphatic hydroxyl groups is 1. The maximum atomic E-state index is 11.9. The number of aromatic nitrogens is 2. The zero-order chi connectivity index (χ0) is 14.7. The van der Waals surface area contributed by atoms with Gasteiger partial charge in [-0.1, -0.05) is 29.5 Å². The van der Waals surface area contributed by atoms with E-state index >= 15 is 0 Å². The first kappa shape index (κ1) is 15.7. The van der Waals surface area contributed by atoms with E-state index in [2.05, 4.69) is 27.6 Å². The fourth-order valence-corrected chi connectivity index (χ4v) is 3.47. The second kappa shape index (κ2) is 6.83. The maximum absolute atomic E-state index is 11.9. The Hall–Kier alpha value is -0.710. The van der Waals surface area contributed by atoms with Crippen LogP contribution in [-0.2, 0) is 9.47 Å². The van der Waals surface area contributed by atoms with Crippen molar-refractivity contribution in [1.82, 2.24) is 9.55 Å². The number of nitrogens with zero attached hydrogens (tertiary/aromatic N) is 2. The lowest BCUT2D eigenvalue weighted by atomic mass is 10.1. The fraction of sp³-hybridized carbons (Fsp3) is 0.667. The van der Waals surface area contributed by atoms with E-state index in [9.17, 15) is 4.79 Å². The molecule has 20 heavy (non-hydrogen) atoms. The minimum Gasteiger partial charge on any atom is -0.394 e. The molecule has 2 heterocycles. The van der Waals surface area contributed by atoms with Crippen molar-refractivity contribution in [3.05, 3.63) is 22.7 Å². The Bertz CT molecular complexity index is 510. The molecule has 1 aliphatic heterocycles.